The lowest BCUT2D eigenvalue weighted by molar-refractivity contribution is -0.122. The van der Waals surface area contributed by atoms with Crippen molar-refractivity contribution in [3.63, 3.8) is 0 Å². The fourth-order valence-electron chi connectivity index (χ4n) is 3.85. The van der Waals surface area contributed by atoms with Crippen molar-refractivity contribution in [1.82, 2.24) is 4.31 Å². The zero-order valence-electron chi connectivity index (χ0n) is 20.0. The van der Waals surface area contributed by atoms with Crippen LogP contribution in [0.4, 0.5) is 11.4 Å². The predicted molar refractivity (Wildman–Crippen MR) is 135 cm³/mol. The molecule has 0 saturated heterocycles. The lowest BCUT2D eigenvalue weighted by Crippen LogP contribution is -2.41. The molecule has 2 aromatic rings. The number of rotatable bonds is 9. The number of hydrogen-bond acceptors (Lipinski definition) is 4. The molecule has 1 N–H and O–H groups in total. The van der Waals surface area contributed by atoms with E-state index < -0.39 is 10.0 Å². The van der Waals surface area contributed by atoms with Crippen LogP contribution < -0.4 is 10.2 Å². The SMILES string of the molecule is CC(C)[C@@H](C)N(Cc1cc(NC(=O)C2CCC2)ccc1N(C)C)S(=O)(=O)c1cccc(Cl)c1. The van der Waals surface area contributed by atoms with E-state index in [9.17, 15) is 13.2 Å². The molecule has 1 saturated carbocycles. The second kappa shape index (κ2) is 10.5. The highest BCUT2D eigenvalue weighted by molar-refractivity contribution is 7.89. The predicted octanol–water partition coefficient (Wildman–Crippen LogP) is 5.38. The first-order valence-electron chi connectivity index (χ1n) is 11.4. The number of halogens is 1. The summed E-state index contributed by atoms with van der Waals surface area (Å²) in [6.45, 7) is 6.11. The van der Waals surface area contributed by atoms with Crippen molar-refractivity contribution in [2.45, 2.75) is 57.5 Å². The van der Waals surface area contributed by atoms with E-state index >= 15 is 0 Å². The maximum absolute atomic E-state index is 13.7. The Hall–Kier alpha value is -2.09. The lowest BCUT2D eigenvalue weighted by Gasteiger charge is -2.32. The van der Waals surface area contributed by atoms with Crippen molar-refractivity contribution in [2.24, 2.45) is 11.8 Å². The van der Waals surface area contributed by atoms with Gasteiger partial charge in [0.05, 0.1) is 4.90 Å². The Balaban J connectivity index is 2.00. The van der Waals surface area contributed by atoms with Gasteiger partial charge in [-0.15, -0.1) is 0 Å². The summed E-state index contributed by atoms with van der Waals surface area (Å²) in [6.07, 6.45) is 2.93. The quantitative estimate of drug-likeness (QED) is 0.511. The average Bonchev–Trinajstić information content (AvgIpc) is 2.69. The van der Waals surface area contributed by atoms with E-state index in [2.05, 4.69) is 5.32 Å². The number of carbonyl (C=O) groups excluding carboxylic acids is 1. The zero-order valence-corrected chi connectivity index (χ0v) is 21.6. The molecular weight excluding hydrogens is 458 g/mol. The first-order valence-corrected chi connectivity index (χ1v) is 13.2. The second-order valence-corrected chi connectivity index (χ2v) is 11.7. The standard InChI is InChI=1S/C25H34ClN3O3S/c1-17(2)18(3)29(33(31,32)23-11-7-10-21(26)15-23)16-20-14-22(12-13-24(20)28(4)5)27-25(30)19-8-6-9-19/h7,10-15,17-19H,6,8-9,16H2,1-5H3,(H,27,30)/t18-/m1/s1. The molecule has 1 fully saturated rings. The van der Waals surface area contributed by atoms with Crippen LogP contribution in [-0.4, -0.2) is 38.8 Å². The molecule has 6 nitrogen and oxygen atoms in total. The number of amides is 1. The highest BCUT2D eigenvalue weighted by Crippen LogP contribution is 2.32. The number of benzene rings is 2. The summed E-state index contributed by atoms with van der Waals surface area (Å²) in [5.41, 5.74) is 2.41. The summed E-state index contributed by atoms with van der Waals surface area (Å²) in [6, 6.07) is 11.8. The lowest BCUT2D eigenvalue weighted by atomic mass is 9.85. The normalized spacial score (nSPS) is 15.4. The van der Waals surface area contributed by atoms with Crippen molar-refractivity contribution in [3.8, 4) is 0 Å². The first-order chi connectivity index (χ1) is 15.5. The van der Waals surface area contributed by atoms with Crippen LogP contribution in [0.25, 0.3) is 0 Å². The van der Waals surface area contributed by atoms with Crippen molar-refractivity contribution in [3.05, 3.63) is 53.1 Å². The van der Waals surface area contributed by atoms with Gasteiger partial charge in [0.1, 0.15) is 0 Å². The van der Waals surface area contributed by atoms with Gasteiger partial charge in [0.25, 0.3) is 0 Å². The number of hydrogen-bond donors (Lipinski definition) is 1. The number of carbonyl (C=O) groups is 1. The van der Waals surface area contributed by atoms with E-state index in [0.717, 1.165) is 30.5 Å². The number of nitrogens with zero attached hydrogens (tertiary/aromatic N) is 2. The Morgan fingerprint density at radius 2 is 1.82 bits per heavy atom. The van der Waals surface area contributed by atoms with Crippen molar-refractivity contribution in [1.29, 1.82) is 0 Å². The monoisotopic (exact) mass is 491 g/mol. The van der Waals surface area contributed by atoms with Gasteiger partial charge in [0.15, 0.2) is 0 Å². The topological polar surface area (TPSA) is 69.7 Å². The minimum atomic E-state index is -3.81. The molecule has 0 radical (unpaired) electrons. The summed E-state index contributed by atoms with van der Waals surface area (Å²) >= 11 is 6.11. The maximum Gasteiger partial charge on any atom is 0.243 e. The van der Waals surface area contributed by atoms with E-state index in [1.165, 1.54) is 10.4 Å². The summed E-state index contributed by atoms with van der Waals surface area (Å²) in [7, 11) is 0.0379. The van der Waals surface area contributed by atoms with Gasteiger partial charge in [0, 0.05) is 49.0 Å². The third-order valence-electron chi connectivity index (χ3n) is 6.45. The van der Waals surface area contributed by atoms with Crippen LogP contribution >= 0.6 is 11.6 Å². The Morgan fingerprint density at radius 3 is 2.36 bits per heavy atom. The molecule has 0 aliphatic heterocycles. The molecule has 8 heteroatoms. The van der Waals surface area contributed by atoms with Gasteiger partial charge in [0.2, 0.25) is 15.9 Å². The van der Waals surface area contributed by atoms with E-state index in [-0.39, 0.29) is 35.2 Å². The van der Waals surface area contributed by atoms with Crippen LogP contribution in [0.1, 0.15) is 45.6 Å². The smallest absolute Gasteiger partial charge is 0.243 e. The van der Waals surface area contributed by atoms with Crippen molar-refractivity contribution < 1.29 is 13.2 Å². The van der Waals surface area contributed by atoms with Crippen LogP contribution in [0, 0.1) is 11.8 Å². The van der Waals surface area contributed by atoms with Crippen molar-refractivity contribution in [2.75, 3.05) is 24.3 Å². The molecule has 0 aromatic heterocycles. The van der Waals surface area contributed by atoms with Crippen LogP contribution in [0.15, 0.2) is 47.4 Å². The Morgan fingerprint density at radius 1 is 1.12 bits per heavy atom. The number of nitrogens with one attached hydrogen (secondary N) is 1. The first kappa shape index (κ1) is 25.5. The molecule has 3 rings (SSSR count). The second-order valence-electron chi connectivity index (χ2n) is 9.35. The van der Waals surface area contributed by atoms with Gasteiger partial charge in [-0.3, -0.25) is 4.79 Å². The third-order valence-corrected chi connectivity index (χ3v) is 8.62. The molecule has 0 unspecified atom stereocenters. The van der Waals surface area contributed by atoms with Gasteiger partial charge in [-0.05, 0) is 67.6 Å². The van der Waals surface area contributed by atoms with Crippen LogP contribution in [0.5, 0.6) is 0 Å². The van der Waals surface area contributed by atoms with E-state index in [1.54, 1.807) is 18.2 Å². The molecule has 33 heavy (non-hydrogen) atoms. The van der Waals surface area contributed by atoms with E-state index in [0.29, 0.717) is 10.7 Å². The van der Waals surface area contributed by atoms with E-state index in [4.69, 9.17) is 11.6 Å². The molecule has 1 aliphatic carbocycles. The summed E-state index contributed by atoms with van der Waals surface area (Å²) in [5.74, 6) is 0.203. The average molecular weight is 492 g/mol. The largest absolute Gasteiger partial charge is 0.377 e. The van der Waals surface area contributed by atoms with Gasteiger partial charge >= 0.3 is 0 Å². The van der Waals surface area contributed by atoms with Gasteiger partial charge in [-0.1, -0.05) is 37.9 Å². The summed E-state index contributed by atoms with van der Waals surface area (Å²) < 4.78 is 28.9. The highest BCUT2D eigenvalue weighted by atomic mass is 35.5. The van der Waals surface area contributed by atoms with Crippen molar-refractivity contribution >= 4 is 38.9 Å². The van der Waals surface area contributed by atoms with Gasteiger partial charge < -0.3 is 10.2 Å². The molecule has 1 aliphatic rings. The Labute approximate surface area is 203 Å². The fraction of sp³-hybridized carbons (Fsp3) is 0.480. The Kier molecular flexibility index (Phi) is 8.08. The molecular formula is C25H34ClN3O3S. The molecule has 0 spiro atoms. The third kappa shape index (κ3) is 5.89. The highest BCUT2D eigenvalue weighted by Gasteiger charge is 2.32. The van der Waals surface area contributed by atoms with Gasteiger partial charge in [-0.2, -0.15) is 4.31 Å². The summed E-state index contributed by atoms with van der Waals surface area (Å²) in [4.78, 5) is 14.6. The molecule has 1 amide bonds. The Bertz CT molecular complexity index is 1100. The molecule has 1 atom stereocenters. The summed E-state index contributed by atoms with van der Waals surface area (Å²) in [5, 5.41) is 3.39. The molecule has 0 bridgehead atoms. The maximum atomic E-state index is 13.7. The van der Waals surface area contributed by atoms with Crippen LogP contribution in [0.3, 0.4) is 0 Å². The zero-order chi connectivity index (χ0) is 24.3. The van der Waals surface area contributed by atoms with Gasteiger partial charge in [-0.25, -0.2) is 8.42 Å². The minimum absolute atomic E-state index is 0.0313. The number of sulfonamides is 1. The van der Waals surface area contributed by atoms with E-state index in [1.807, 2.05) is 58.0 Å². The number of anilines is 2. The molecule has 2 aromatic carbocycles. The molecule has 0 heterocycles. The van der Waals surface area contributed by atoms with Crippen LogP contribution in [0.2, 0.25) is 5.02 Å². The minimum Gasteiger partial charge on any atom is -0.377 e. The molecule has 180 valence electrons. The van der Waals surface area contributed by atoms with Crippen LogP contribution in [-0.2, 0) is 21.4 Å². The fourth-order valence-corrected chi connectivity index (χ4v) is 5.89.